The van der Waals surface area contributed by atoms with E-state index < -0.39 is 11.7 Å². The average molecular weight is 340 g/mol. The van der Waals surface area contributed by atoms with Crippen LogP contribution in [0, 0.1) is 11.2 Å². The van der Waals surface area contributed by atoms with E-state index in [9.17, 15) is 9.50 Å². The van der Waals surface area contributed by atoms with Gasteiger partial charge in [-0.1, -0.05) is 13.8 Å². The number of pyridine rings is 1. The lowest BCUT2D eigenvalue weighted by molar-refractivity contribution is 0.280. The maximum atomic E-state index is 14.2. The lowest BCUT2D eigenvalue weighted by Gasteiger charge is -2.38. The van der Waals surface area contributed by atoms with Crippen molar-refractivity contribution in [3.63, 3.8) is 0 Å². The number of hydrogen-bond acceptors (Lipinski definition) is 4. The highest BCUT2D eigenvalue weighted by atomic mass is 19.1. The zero-order valence-corrected chi connectivity index (χ0v) is 14.4. The number of piperidine rings is 1. The van der Waals surface area contributed by atoms with E-state index in [1.165, 1.54) is 29.4 Å². The predicted molar refractivity (Wildman–Crippen MR) is 95.7 cm³/mol. The first-order valence-electron chi connectivity index (χ1n) is 8.51. The number of rotatable bonds is 2. The molecule has 4 rings (SSSR count). The summed E-state index contributed by atoms with van der Waals surface area (Å²) in [4.78, 5) is 6.00. The molecule has 1 aromatic carbocycles. The SMILES string of the molecule is CC1(C)CCN(c2ccc(-n3ncc4cnc(O)c(F)c43)cc2)CC1. The Hall–Kier alpha value is -2.63. The van der Waals surface area contributed by atoms with E-state index in [0.717, 1.165) is 18.8 Å². The minimum Gasteiger partial charge on any atom is -0.491 e. The minimum atomic E-state index is -0.752. The fourth-order valence-electron chi connectivity index (χ4n) is 3.34. The first-order chi connectivity index (χ1) is 11.9. The van der Waals surface area contributed by atoms with Gasteiger partial charge in [-0.2, -0.15) is 9.49 Å². The first kappa shape index (κ1) is 15.9. The molecule has 0 spiro atoms. The Bertz CT molecular complexity index is 907. The third-order valence-corrected chi connectivity index (χ3v) is 5.10. The molecule has 1 fully saturated rings. The Morgan fingerprint density at radius 1 is 1.04 bits per heavy atom. The molecular formula is C19H21FN4O. The molecule has 1 aliphatic heterocycles. The maximum absolute atomic E-state index is 14.2. The molecule has 130 valence electrons. The van der Waals surface area contributed by atoms with Gasteiger partial charge in [0, 0.05) is 30.4 Å². The van der Waals surface area contributed by atoms with Gasteiger partial charge in [0.25, 0.3) is 0 Å². The van der Waals surface area contributed by atoms with Crippen molar-refractivity contribution >= 4 is 16.6 Å². The Morgan fingerprint density at radius 3 is 2.36 bits per heavy atom. The van der Waals surface area contributed by atoms with Crippen LogP contribution in [0.15, 0.2) is 36.7 Å². The van der Waals surface area contributed by atoms with E-state index in [2.05, 4.69) is 28.8 Å². The van der Waals surface area contributed by atoms with Gasteiger partial charge in [0.2, 0.25) is 11.7 Å². The fraction of sp³-hybridized carbons (Fsp3) is 0.368. The summed E-state index contributed by atoms with van der Waals surface area (Å²) in [5.41, 5.74) is 2.57. The van der Waals surface area contributed by atoms with Crippen molar-refractivity contribution in [3.05, 3.63) is 42.5 Å². The molecule has 0 bridgehead atoms. The van der Waals surface area contributed by atoms with Crippen molar-refractivity contribution in [1.82, 2.24) is 14.8 Å². The standard InChI is InChI=1S/C19H21FN4O/c1-19(2)7-9-23(10-8-19)14-3-5-15(6-4-14)24-17-13(12-22-24)11-21-18(25)16(17)20/h3-6,11-12H,7-10H2,1-2H3,(H,21,25). The van der Waals surface area contributed by atoms with E-state index in [-0.39, 0.29) is 5.52 Å². The number of nitrogens with zero attached hydrogens (tertiary/aromatic N) is 4. The molecule has 5 nitrogen and oxygen atoms in total. The van der Waals surface area contributed by atoms with E-state index in [1.807, 2.05) is 24.3 Å². The van der Waals surface area contributed by atoms with Gasteiger partial charge in [-0.25, -0.2) is 9.67 Å². The van der Waals surface area contributed by atoms with Crippen LogP contribution < -0.4 is 4.90 Å². The Labute approximate surface area is 145 Å². The van der Waals surface area contributed by atoms with Gasteiger partial charge in [0.15, 0.2) is 0 Å². The third kappa shape index (κ3) is 2.81. The van der Waals surface area contributed by atoms with Gasteiger partial charge in [-0.3, -0.25) is 0 Å². The van der Waals surface area contributed by atoms with Gasteiger partial charge in [-0.15, -0.1) is 0 Å². The Balaban J connectivity index is 1.64. The molecule has 0 unspecified atom stereocenters. The first-order valence-corrected chi connectivity index (χ1v) is 8.51. The summed E-state index contributed by atoms with van der Waals surface area (Å²) in [6.45, 7) is 6.72. The zero-order valence-electron chi connectivity index (χ0n) is 14.4. The van der Waals surface area contributed by atoms with Crippen LogP contribution in [-0.4, -0.2) is 33.0 Å². The lowest BCUT2D eigenvalue weighted by atomic mass is 9.82. The molecule has 2 aromatic heterocycles. The van der Waals surface area contributed by atoms with Crippen LogP contribution in [0.2, 0.25) is 0 Å². The molecule has 1 aliphatic rings. The molecule has 0 atom stereocenters. The van der Waals surface area contributed by atoms with E-state index in [4.69, 9.17) is 0 Å². The van der Waals surface area contributed by atoms with Crippen molar-refractivity contribution in [2.75, 3.05) is 18.0 Å². The number of anilines is 1. The monoisotopic (exact) mass is 340 g/mol. The van der Waals surface area contributed by atoms with Crippen LogP contribution in [-0.2, 0) is 0 Å². The quantitative estimate of drug-likeness (QED) is 0.769. The number of aromatic nitrogens is 3. The molecule has 25 heavy (non-hydrogen) atoms. The summed E-state index contributed by atoms with van der Waals surface area (Å²) in [7, 11) is 0. The van der Waals surface area contributed by atoms with Crippen molar-refractivity contribution < 1.29 is 9.50 Å². The normalized spacial score (nSPS) is 17.2. The summed E-state index contributed by atoms with van der Waals surface area (Å²) >= 11 is 0. The van der Waals surface area contributed by atoms with Crippen molar-refractivity contribution in [2.24, 2.45) is 5.41 Å². The Kier molecular flexibility index (Phi) is 3.63. The van der Waals surface area contributed by atoms with Gasteiger partial charge in [-0.05, 0) is 42.5 Å². The smallest absolute Gasteiger partial charge is 0.250 e. The molecule has 1 N–H and O–H groups in total. The van der Waals surface area contributed by atoms with Crippen LogP contribution in [0.5, 0.6) is 5.88 Å². The number of fused-ring (bicyclic) bond motifs is 1. The summed E-state index contributed by atoms with van der Waals surface area (Å²) < 4.78 is 15.7. The summed E-state index contributed by atoms with van der Waals surface area (Å²) in [6, 6.07) is 7.94. The third-order valence-electron chi connectivity index (χ3n) is 5.10. The number of hydrogen-bond donors (Lipinski definition) is 1. The number of benzene rings is 1. The van der Waals surface area contributed by atoms with Crippen LogP contribution in [0.4, 0.5) is 10.1 Å². The lowest BCUT2D eigenvalue weighted by Crippen LogP contribution is -2.37. The van der Waals surface area contributed by atoms with Gasteiger partial charge in [0.1, 0.15) is 5.52 Å². The molecule has 0 aliphatic carbocycles. The molecule has 6 heteroatoms. The van der Waals surface area contributed by atoms with Gasteiger partial charge in [0.05, 0.1) is 11.9 Å². The molecule has 0 saturated carbocycles. The second kappa shape index (κ2) is 5.72. The fourth-order valence-corrected chi connectivity index (χ4v) is 3.34. The molecule has 0 amide bonds. The van der Waals surface area contributed by atoms with Crippen molar-refractivity contribution in [1.29, 1.82) is 0 Å². The van der Waals surface area contributed by atoms with Crippen molar-refractivity contribution in [3.8, 4) is 11.6 Å². The predicted octanol–water partition coefficient (Wildman–Crippen LogP) is 3.89. The van der Waals surface area contributed by atoms with E-state index >= 15 is 0 Å². The Morgan fingerprint density at radius 2 is 1.68 bits per heavy atom. The van der Waals surface area contributed by atoms with Crippen molar-refractivity contribution in [2.45, 2.75) is 26.7 Å². The van der Waals surface area contributed by atoms with Crippen LogP contribution in [0.1, 0.15) is 26.7 Å². The van der Waals surface area contributed by atoms with E-state index in [1.54, 1.807) is 6.20 Å². The van der Waals surface area contributed by atoms with Gasteiger partial charge < -0.3 is 10.0 Å². The topological polar surface area (TPSA) is 54.2 Å². The molecule has 3 heterocycles. The molecule has 0 radical (unpaired) electrons. The molecular weight excluding hydrogens is 319 g/mol. The largest absolute Gasteiger partial charge is 0.491 e. The highest BCUT2D eigenvalue weighted by molar-refractivity contribution is 5.81. The average Bonchev–Trinajstić information content (AvgIpc) is 3.03. The molecule has 1 saturated heterocycles. The highest BCUT2D eigenvalue weighted by Crippen LogP contribution is 2.32. The molecule has 3 aromatic rings. The summed E-state index contributed by atoms with van der Waals surface area (Å²) in [5.74, 6) is -1.36. The van der Waals surface area contributed by atoms with Crippen LogP contribution >= 0.6 is 0 Å². The maximum Gasteiger partial charge on any atom is 0.250 e. The number of aromatic hydroxyl groups is 1. The minimum absolute atomic E-state index is 0.236. The van der Waals surface area contributed by atoms with Crippen LogP contribution in [0.3, 0.4) is 0 Å². The highest BCUT2D eigenvalue weighted by Gasteiger charge is 2.25. The van der Waals surface area contributed by atoms with Crippen LogP contribution in [0.25, 0.3) is 16.6 Å². The van der Waals surface area contributed by atoms with Gasteiger partial charge >= 0.3 is 0 Å². The zero-order chi connectivity index (χ0) is 17.6. The summed E-state index contributed by atoms with van der Waals surface area (Å²) in [6.07, 6.45) is 5.32. The summed E-state index contributed by atoms with van der Waals surface area (Å²) in [5, 5.41) is 14.3. The van der Waals surface area contributed by atoms with E-state index in [0.29, 0.717) is 10.8 Å². The second-order valence-electron chi connectivity index (χ2n) is 7.42. The second-order valence-corrected chi connectivity index (χ2v) is 7.42. The number of halogens is 1.